The predicted molar refractivity (Wildman–Crippen MR) is 119 cm³/mol. The Labute approximate surface area is 188 Å². The number of carbonyl (C=O) groups excluding carboxylic acids is 1. The van der Waals surface area contributed by atoms with Crippen LogP contribution in [0.2, 0.25) is 5.02 Å². The van der Waals surface area contributed by atoms with Gasteiger partial charge in [0, 0.05) is 16.9 Å². The average molecular weight is 449 g/mol. The van der Waals surface area contributed by atoms with Crippen molar-refractivity contribution < 1.29 is 14.3 Å². The Bertz CT molecular complexity index is 1220. The van der Waals surface area contributed by atoms with Crippen molar-refractivity contribution in [3.05, 3.63) is 89.3 Å². The Balaban J connectivity index is 1.45. The molecule has 0 saturated heterocycles. The minimum atomic E-state index is -0.643. The molecule has 0 unspecified atom stereocenters. The van der Waals surface area contributed by atoms with Crippen LogP contribution in [-0.2, 0) is 11.3 Å². The van der Waals surface area contributed by atoms with E-state index in [0.717, 1.165) is 0 Å². The number of hydrogen-bond acceptors (Lipinski definition) is 9. The van der Waals surface area contributed by atoms with E-state index in [4.69, 9.17) is 26.8 Å². The van der Waals surface area contributed by atoms with Crippen molar-refractivity contribution >= 4 is 35.2 Å². The molecule has 10 heteroatoms. The molecule has 0 spiro atoms. The summed E-state index contributed by atoms with van der Waals surface area (Å²) < 4.78 is 11.1. The molecular formula is C22H17ClN6O3. The molecule has 32 heavy (non-hydrogen) atoms. The maximum Gasteiger partial charge on any atom is 0.344 e. The van der Waals surface area contributed by atoms with Gasteiger partial charge in [-0.1, -0.05) is 29.8 Å². The highest BCUT2D eigenvalue weighted by molar-refractivity contribution is 6.30. The van der Waals surface area contributed by atoms with Gasteiger partial charge in [0.05, 0.1) is 0 Å². The zero-order chi connectivity index (χ0) is 22.3. The Morgan fingerprint density at radius 1 is 0.969 bits per heavy atom. The summed E-state index contributed by atoms with van der Waals surface area (Å²) in [6.07, 6.45) is 1.52. The fourth-order valence-corrected chi connectivity index (χ4v) is 2.78. The number of benzene rings is 2. The first-order valence-electron chi connectivity index (χ1n) is 9.45. The molecule has 0 fully saturated rings. The molecule has 0 aliphatic heterocycles. The van der Waals surface area contributed by atoms with Gasteiger partial charge >= 0.3 is 5.97 Å². The zero-order valence-corrected chi connectivity index (χ0v) is 17.4. The summed E-state index contributed by atoms with van der Waals surface area (Å²) in [5, 5.41) is 3.60. The van der Waals surface area contributed by atoms with Crippen LogP contribution < -0.4 is 15.8 Å². The molecule has 3 N–H and O–H groups in total. The molecule has 0 bridgehead atoms. The number of esters is 1. The number of ether oxygens (including phenoxy) is 2. The Kier molecular flexibility index (Phi) is 6.38. The molecule has 0 saturated carbocycles. The van der Waals surface area contributed by atoms with Crippen molar-refractivity contribution in [3.63, 3.8) is 0 Å². The van der Waals surface area contributed by atoms with Gasteiger partial charge in [-0.2, -0.15) is 15.0 Å². The van der Waals surface area contributed by atoms with Gasteiger partial charge in [0.25, 0.3) is 0 Å². The summed E-state index contributed by atoms with van der Waals surface area (Å²) in [6, 6.07) is 19.1. The van der Waals surface area contributed by atoms with E-state index in [-0.39, 0.29) is 35.8 Å². The monoisotopic (exact) mass is 448 g/mol. The van der Waals surface area contributed by atoms with Crippen molar-refractivity contribution in [2.45, 2.75) is 6.61 Å². The van der Waals surface area contributed by atoms with E-state index in [2.05, 4.69) is 25.3 Å². The number of para-hydroxylation sites is 1. The third-order valence-corrected chi connectivity index (χ3v) is 4.33. The van der Waals surface area contributed by atoms with Gasteiger partial charge in [-0.25, -0.2) is 9.78 Å². The third-order valence-electron chi connectivity index (χ3n) is 4.08. The van der Waals surface area contributed by atoms with Crippen molar-refractivity contribution in [1.82, 2.24) is 19.9 Å². The van der Waals surface area contributed by atoms with Gasteiger partial charge in [-0.3, -0.25) is 0 Å². The summed E-state index contributed by atoms with van der Waals surface area (Å²) in [5.41, 5.74) is 6.64. The summed E-state index contributed by atoms with van der Waals surface area (Å²) in [5.74, 6) is 0.400. The molecule has 0 atom stereocenters. The smallest absolute Gasteiger partial charge is 0.344 e. The molecule has 160 valence electrons. The zero-order valence-electron chi connectivity index (χ0n) is 16.6. The van der Waals surface area contributed by atoms with E-state index in [9.17, 15) is 4.79 Å². The van der Waals surface area contributed by atoms with Crippen LogP contribution in [-0.4, -0.2) is 25.9 Å². The van der Waals surface area contributed by atoms with Crippen LogP contribution in [0.5, 0.6) is 11.6 Å². The minimum absolute atomic E-state index is 0.0167. The van der Waals surface area contributed by atoms with Crippen LogP contribution in [0.3, 0.4) is 0 Å². The lowest BCUT2D eigenvalue weighted by Crippen LogP contribution is -2.12. The second-order valence-corrected chi connectivity index (χ2v) is 6.85. The minimum Gasteiger partial charge on any atom is -0.454 e. The SMILES string of the molecule is Nc1nc(COC(=O)c2cccnc2Oc2ccccc2)nc(Nc2ccc(Cl)cc2)n1. The number of nitrogens with zero attached hydrogens (tertiary/aromatic N) is 4. The van der Waals surface area contributed by atoms with Crippen LogP contribution in [0.4, 0.5) is 17.6 Å². The number of nitrogens with two attached hydrogens (primary N) is 1. The number of aromatic nitrogens is 4. The number of nitrogens with one attached hydrogen (secondary N) is 1. The Morgan fingerprint density at radius 3 is 2.53 bits per heavy atom. The molecule has 9 nitrogen and oxygen atoms in total. The van der Waals surface area contributed by atoms with E-state index < -0.39 is 5.97 Å². The lowest BCUT2D eigenvalue weighted by Gasteiger charge is -2.10. The number of anilines is 3. The quantitative estimate of drug-likeness (QED) is 0.395. The molecule has 0 aliphatic rings. The third kappa shape index (κ3) is 5.46. The first-order valence-corrected chi connectivity index (χ1v) is 9.83. The van der Waals surface area contributed by atoms with Gasteiger partial charge in [0.2, 0.25) is 17.8 Å². The normalized spacial score (nSPS) is 10.4. The second kappa shape index (κ2) is 9.71. The standard InChI is InChI=1S/C22H17ClN6O3/c23-14-8-10-15(11-9-14)26-22-28-18(27-21(24)29-22)13-31-20(30)17-7-4-12-25-19(17)32-16-5-2-1-3-6-16/h1-12H,13H2,(H3,24,26,27,28,29). The Hall–Kier alpha value is -4.24. The maximum atomic E-state index is 12.6. The van der Waals surface area contributed by atoms with Gasteiger partial charge in [-0.15, -0.1) is 0 Å². The lowest BCUT2D eigenvalue weighted by atomic mass is 10.2. The van der Waals surface area contributed by atoms with E-state index in [0.29, 0.717) is 16.5 Å². The van der Waals surface area contributed by atoms with Crippen LogP contribution in [0.25, 0.3) is 0 Å². The van der Waals surface area contributed by atoms with Gasteiger partial charge < -0.3 is 20.5 Å². The molecule has 4 aromatic rings. The summed E-state index contributed by atoms with van der Waals surface area (Å²) >= 11 is 5.89. The number of carbonyl (C=O) groups is 1. The molecule has 0 aliphatic carbocycles. The van der Waals surface area contributed by atoms with E-state index in [1.165, 1.54) is 6.20 Å². The van der Waals surface area contributed by atoms with E-state index >= 15 is 0 Å². The van der Waals surface area contributed by atoms with Gasteiger partial charge in [0.1, 0.15) is 11.3 Å². The molecule has 0 amide bonds. The second-order valence-electron chi connectivity index (χ2n) is 6.41. The number of rotatable bonds is 7. The lowest BCUT2D eigenvalue weighted by molar-refractivity contribution is 0.0458. The average Bonchev–Trinajstić information content (AvgIpc) is 2.80. The number of pyridine rings is 1. The largest absolute Gasteiger partial charge is 0.454 e. The highest BCUT2D eigenvalue weighted by Crippen LogP contribution is 2.23. The highest BCUT2D eigenvalue weighted by atomic mass is 35.5. The van der Waals surface area contributed by atoms with E-state index in [1.54, 1.807) is 48.5 Å². The number of nitrogen functional groups attached to an aromatic ring is 1. The fourth-order valence-electron chi connectivity index (χ4n) is 2.66. The first kappa shape index (κ1) is 21.0. The molecule has 0 radical (unpaired) electrons. The molecule has 4 rings (SSSR count). The summed E-state index contributed by atoms with van der Waals surface area (Å²) in [4.78, 5) is 29.1. The highest BCUT2D eigenvalue weighted by Gasteiger charge is 2.17. The maximum absolute atomic E-state index is 12.6. The van der Waals surface area contributed by atoms with Crippen LogP contribution in [0.1, 0.15) is 16.2 Å². The summed E-state index contributed by atoms with van der Waals surface area (Å²) in [6.45, 7) is -0.222. The number of halogens is 1. The van der Waals surface area contributed by atoms with E-state index in [1.807, 2.05) is 18.2 Å². The molecule has 2 aromatic carbocycles. The van der Waals surface area contributed by atoms with Gasteiger partial charge in [-0.05, 0) is 48.5 Å². The fraction of sp³-hybridized carbons (Fsp3) is 0.0455. The van der Waals surface area contributed by atoms with Crippen molar-refractivity contribution in [2.75, 3.05) is 11.1 Å². The van der Waals surface area contributed by atoms with Crippen molar-refractivity contribution in [1.29, 1.82) is 0 Å². The van der Waals surface area contributed by atoms with Crippen LogP contribution in [0, 0.1) is 0 Å². The van der Waals surface area contributed by atoms with Gasteiger partial charge in [0.15, 0.2) is 12.4 Å². The molecule has 2 aromatic heterocycles. The van der Waals surface area contributed by atoms with Crippen LogP contribution in [0.15, 0.2) is 72.9 Å². The molecule has 2 heterocycles. The van der Waals surface area contributed by atoms with Crippen molar-refractivity contribution in [3.8, 4) is 11.6 Å². The number of hydrogen-bond donors (Lipinski definition) is 2. The Morgan fingerprint density at radius 2 is 1.75 bits per heavy atom. The first-order chi connectivity index (χ1) is 15.6. The summed E-state index contributed by atoms with van der Waals surface area (Å²) in [7, 11) is 0. The predicted octanol–water partition coefficient (Wildman–Crippen LogP) is 4.40. The molecular weight excluding hydrogens is 432 g/mol. The van der Waals surface area contributed by atoms with Crippen LogP contribution >= 0.6 is 11.6 Å². The van der Waals surface area contributed by atoms with Crippen molar-refractivity contribution in [2.24, 2.45) is 0 Å². The topological polar surface area (TPSA) is 125 Å².